The SMILES string of the molecule is C/C=C/CCNC(=O)c1cc([N+](=O)[O-])c(F)cc1F. The van der Waals surface area contributed by atoms with Crippen LogP contribution in [0.5, 0.6) is 0 Å². The summed E-state index contributed by atoms with van der Waals surface area (Å²) in [5, 5.41) is 12.9. The first-order valence-corrected chi connectivity index (χ1v) is 5.50. The van der Waals surface area contributed by atoms with Crippen molar-refractivity contribution < 1.29 is 18.5 Å². The molecule has 0 aliphatic heterocycles. The molecule has 1 N–H and O–H groups in total. The van der Waals surface area contributed by atoms with E-state index in [1.165, 1.54) is 0 Å². The van der Waals surface area contributed by atoms with Gasteiger partial charge in [-0.2, -0.15) is 4.39 Å². The Bertz CT molecular complexity index is 530. The molecule has 0 bridgehead atoms. The van der Waals surface area contributed by atoms with Crippen molar-refractivity contribution in [2.75, 3.05) is 6.54 Å². The van der Waals surface area contributed by atoms with Crippen LogP contribution in [0.15, 0.2) is 24.3 Å². The van der Waals surface area contributed by atoms with Gasteiger partial charge in [-0.25, -0.2) is 4.39 Å². The fraction of sp³-hybridized carbons (Fsp3) is 0.250. The van der Waals surface area contributed by atoms with E-state index in [2.05, 4.69) is 5.32 Å². The number of carbonyl (C=O) groups is 1. The van der Waals surface area contributed by atoms with Crippen LogP contribution in [0.25, 0.3) is 0 Å². The number of hydrogen-bond donors (Lipinski definition) is 1. The lowest BCUT2D eigenvalue weighted by Gasteiger charge is -2.05. The van der Waals surface area contributed by atoms with Crippen molar-refractivity contribution in [3.63, 3.8) is 0 Å². The van der Waals surface area contributed by atoms with E-state index in [1.807, 2.05) is 6.92 Å². The van der Waals surface area contributed by atoms with Gasteiger partial charge in [0.15, 0.2) is 0 Å². The first kappa shape index (κ1) is 14.7. The Morgan fingerprint density at radius 3 is 2.68 bits per heavy atom. The van der Waals surface area contributed by atoms with Crippen LogP contribution >= 0.6 is 0 Å². The van der Waals surface area contributed by atoms with E-state index < -0.39 is 33.7 Å². The van der Waals surface area contributed by atoms with E-state index in [0.717, 1.165) is 0 Å². The van der Waals surface area contributed by atoms with Gasteiger partial charge in [0.2, 0.25) is 5.82 Å². The molecule has 0 aliphatic rings. The van der Waals surface area contributed by atoms with Gasteiger partial charge in [-0.05, 0) is 13.3 Å². The van der Waals surface area contributed by atoms with Gasteiger partial charge in [0.05, 0.1) is 10.5 Å². The zero-order valence-electron chi connectivity index (χ0n) is 10.2. The lowest BCUT2D eigenvalue weighted by Crippen LogP contribution is -2.25. The number of nitro groups is 1. The number of nitrogens with zero attached hydrogens (tertiary/aromatic N) is 1. The third-order valence-electron chi connectivity index (χ3n) is 2.31. The van der Waals surface area contributed by atoms with Gasteiger partial charge in [0, 0.05) is 18.7 Å². The molecule has 0 atom stereocenters. The second kappa shape index (κ2) is 6.58. The summed E-state index contributed by atoms with van der Waals surface area (Å²) in [5.41, 5.74) is -1.48. The quantitative estimate of drug-likeness (QED) is 0.387. The predicted molar refractivity (Wildman–Crippen MR) is 64.8 cm³/mol. The molecule has 0 aliphatic carbocycles. The molecule has 102 valence electrons. The molecular weight excluding hydrogens is 258 g/mol. The maximum Gasteiger partial charge on any atom is 0.305 e. The van der Waals surface area contributed by atoms with Crippen molar-refractivity contribution in [3.8, 4) is 0 Å². The molecule has 0 heterocycles. The van der Waals surface area contributed by atoms with Crippen LogP contribution in [-0.2, 0) is 0 Å². The van der Waals surface area contributed by atoms with Gasteiger partial charge in [0.25, 0.3) is 5.91 Å². The Morgan fingerprint density at radius 2 is 2.11 bits per heavy atom. The Labute approximate surface area is 108 Å². The second-order valence-corrected chi connectivity index (χ2v) is 3.65. The van der Waals surface area contributed by atoms with Crippen LogP contribution < -0.4 is 5.32 Å². The van der Waals surface area contributed by atoms with Crippen molar-refractivity contribution in [2.24, 2.45) is 0 Å². The second-order valence-electron chi connectivity index (χ2n) is 3.65. The Kier molecular flexibility index (Phi) is 5.11. The van der Waals surface area contributed by atoms with Crippen molar-refractivity contribution in [1.29, 1.82) is 0 Å². The molecule has 19 heavy (non-hydrogen) atoms. The molecule has 1 amide bonds. The first-order chi connectivity index (χ1) is 8.97. The number of amides is 1. The summed E-state index contributed by atoms with van der Waals surface area (Å²) in [7, 11) is 0. The molecule has 1 aromatic rings. The van der Waals surface area contributed by atoms with Crippen molar-refractivity contribution >= 4 is 11.6 Å². The molecule has 0 aromatic heterocycles. The molecule has 0 saturated heterocycles. The number of rotatable bonds is 5. The topological polar surface area (TPSA) is 72.2 Å². The van der Waals surface area contributed by atoms with E-state index in [-0.39, 0.29) is 6.54 Å². The molecule has 0 saturated carbocycles. The zero-order valence-corrected chi connectivity index (χ0v) is 10.2. The highest BCUT2D eigenvalue weighted by Gasteiger charge is 2.21. The molecule has 5 nitrogen and oxygen atoms in total. The van der Waals surface area contributed by atoms with Crippen LogP contribution in [0, 0.1) is 21.7 Å². The van der Waals surface area contributed by atoms with Crippen molar-refractivity contribution in [1.82, 2.24) is 5.32 Å². The standard InChI is InChI=1S/C12H12F2N2O3/c1-2-3-4-5-15-12(17)8-6-11(16(18)19)10(14)7-9(8)13/h2-3,6-7H,4-5H2,1H3,(H,15,17)/b3-2+. The third-order valence-corrected chi connectivity index (χ3v) is 2.31. The van der Waals surface area contributed by atoms with Crippen LogP contribution in [-0.4, -0.2) is 17.4 Å². The van der Waals surface area contributed by atoms with Gasteiger partial charge in [-0.15, -0.1) is 0 Å². The average molecular weight is 270 g/mol. The minimum absolute atomic E-state index is 0.258. The number of allylic oxidation sites excluding steroid dienone is 1. The number of nitro benzene ring substituents is 1. The molecule has 7 heteroatoms. The number of benzene rings is 1. The van der Waals surface area contributed by atoms with Gasteiger partial charge in [-0.1, -0.05) is 12.2 Å². The smallest absolute Gasteiger partial charge is 0.305 e. The van der Waals surface area contributed by atoms with Crippen molar-refractivity contribution in [3.05, 3.63) is 51.6 Å². The Hall–Kier alpha value is -2.31. The van der Waals surface area contributed by atoms with Gasteiger partial charge < -0.3 is 5.32 Å². The molecule has 0 fully saturated rings. The van der Waals surface area contributed by atoms with E-state index >= 15 is 0 Å². The van der Waals surface area contributed by atoms with Gasteiger partial charge >= 0.3 is 5.69 Å². The maximum atomic E-state index is 13.4. The van der Waals surface area contributed by atoms with E-state index in [0.29, 0.717) is 18.6 Å². The number of hydrogen-bond acceptors (Lipinski definition) is 3. The first-order valence-electron chi connectivity index (χ1n) is 5.50. The summed E-state index contributed by atoms with van der Waals surface area (Å²) in [6, 6.07) is 0.925. The number of carbonyl (C=O) groups excluding carboxylic acids is 1. The molecule has 0 radical (unpaired) electrons. The lowest BCUT2D eigenvalue weighted by molar-refractivity contribution is -0.387. The van der Waals surface area contributed by atoms with Crippen LogP contribution in [0.2, 0.25) is 0 Å². The van der Waals surface area contributed by atoms with Crippen molar-refractivity contribution in [2.45, 2.75) is 13.3 Å². The molecule has 0 spiro atoms. The average Bonchev–Trinajstić information content (AvgIpc) is 2.34. The summed E-state index contributed by atoms with van der Waals surface area (Å²) in [6.45, 7) is 2.07. The number of nitrogens with one attached hydrogen (secondary N) is 1. The minimum Gasteiger partial charge on any atom is -0.352 e. The number of halogens is 2. The van der Waals surface area contributed by atoms with Crippen LogP contribution in [0.1, 0.15) is 23.7 Å². The zero-order chi connectivity index (χ0) is 14.4. The fourth-order valence-electron chi connectivity index (χ4n) is 1.38. The highest BCUT2D eigenvalue weighted by Crippen LogP contribution is 2.21. The van der Waals surface area contributed by atoms with E-state index in [1.54, 1.807) is 12.2 Å². The summed E-state index contributed by atoms with van der Waals surface area (Å²) in [6.07, 6.45) is 4.13. The lowest BCUT2D eigenvalue weighted by atomic mass is 10.1. The minimum atomic E-state index is -1.31. The molecule has 0 unspecified atom stereocenters. The van der Waals surface area contributed by atoms with Gasteiger partial charge in [0.1, 0.15) is 5.82 Å². The molecule has 1 rings (SSSR count). The predicted octanol–water partition coefficient (Wildman–Crippen LogP) is 2.57. The highest BCUT2D eigenvalue weighted by molar-refractivity contribution is 5.95. The van der Waals surface area contributed by atoms with Crippen LogP contribution in [0.3, 0.4) is 0 Å². The fourth-order valence-corrected chi connectivity index (χ4v) is 1.38. The van der Waals surface area contributed by atoms with E-state index in [9.17, 15) is 23.7 Å². The summed E-state index contributed by atoms with van der Waals surface area (Å²) >= 11 is 0. The summed E-state index contributed by atoms with van der Waals surface area (Å²) in [5.74, 6) is -3.26. The maximum absolute atomic E-state index is 13.4. The Balaban J connectivity index is 2.90. The highest BCUT2D eigenvalue weighted by atomic mass is 19.1. The third kappa shape index (κ3) is 3.84. The molecular formula is C12H12F2N2O3. The van der Waals surface area contributed by atoms with Gasteiger partial charge in [-0.3, -0.25) is 14.9 Å². The van der Waals surface area contributed by atoms with Crippen LogP contribution in [0.4, 0.5) is 14.5 Å². The summed E-state index contributed by atoms with van der Waals surface area (Å²) in [4.78, 5) is 21.1. The monoisotopic (exact) mass is 270 g/mol. The normalized spacial score (nSPS) is 10.7. The Morgan fingerprint density at radius 1 is 1.42 bits per heavy atom. The van der Waals surface area contributed by atoms with E-state index in [4.69, 9.17) is 0 Å². The largest absolute Gasteiger partial charge is 0.352 e. The molecule has 1 aromatic carbocycles. The summed E-state index contributed by atoms with van der Waals surface area (Å²) < 4.78 is 26.5.